The van der Waals surface area contributed by atoms with Crippen LogP contribution in [0.1, 0.15) is 15.9 Å². The van der Waals surface area contributed by atoms with E-state index in [9.17, 15) is 18.0 Å². The average molecular weight is 488 g/mol. The maximum absolute atomic E-state index is 12.2. The van der Waals surface area contributed by atoms with Gasteiger partial charge in [-0.15, -0.1) is 6.58 Å². The lowest BCUT2D eigenvalue weighted by Gasteiger charge is -2.33. The number of esters is 1. The molecule has 1 saturated heterocycles. The number of amides is 1. The summed E-state index contributed by atoms with van der Waals surface area (Å²) in [7, 11) is -3.68. The molecule has 1 heterocycles. The second-order valence-corrected chi connectivity index (χ2v) is 9.53. The summed E-state index contributed by atoms with van der Waals surface area (Å²) in [4.78, 5) is 26.6. The van der Waals surface area contributed by atoms with Crippen LogP contribution in [0, 0.1) is 0 Å². The number of sulfonamides is 1. The van der Waals surface area contributed by atoms with E-state index in [1.807, 2.05) is 18.2 Å². The van der Waals surface area contributed by atoms with Crippen molar-refractivity contribution in [1.82, 2.24) is 14.9 Å². The fourth-order valence-corrected chi connectivity index (χ4v) is 4.40. The van der Waals surface area contributed by atoms with Crippen molar-refractivity contribution in [3.8, 4) is 0 Å². The fraction of sp³-hybridized carbons (Fsp3) is 0.333. The number of carbonyl (C=O) groups excluding carboxylic acids is 2. The van der Waals surface area contributed by atoms with E-state index in [0.717, 1.165) is 13.1 Å². The molecule has 1 aliphatic rings. The first kappa shape index (κ1) is 25.6. The summed E-state index contributed by atoms with van der Waals surface area (Å²) in [6.45, 7) is 6.32. The molecule has 1 aliphatic heterocycles. The van der Waals surface area contributed by atoms with Gasteiger partial charge in [0.1, 0.15) is 0 Å². The smallest absolute Gasteiger partial charge is 0.338 e. The summed E-state index contributed by atoms with van der Waals surface area (Å²) in [5.74, 6) is -1.16. The summed E-state index contributed by atoms with van der Waals surface area (Å²) >= 11 is 0. The van der Waals surface area contributed by atoms with Gasteiger partial charge in [0, 0.05) is 32.7 Å². The van der Waals surface area contributed by atoms with Crippen molar-refractivity contribution in [3.63, 3.8) is 0 Å². The van der Waals surface area contributed by atoms with Crippen molar-refractivity contribution >= 4 is 21.9 Å². The molecule has 1 amide bonds. The molecule has 2 aromatic rings. The summed E-state index contributed by atoms with van der Waals surface area (Å²) < 4.78 is 37.2. The monoisotopic (exact) mass is 487 g/mol. The topological polar surface area (TPSA) is 114 Å². The van der Waals surface area contributed by atoms with Gasteiger partial charge in [0.15, 0.2) is 6.61 Å². The summed E-state index contributed by atoms with van der Waals surface area (Å²) in [6.07, 6.45) is 1.27. The van der Waals surface area contributed by atoms with Gasteiger partial charge in [0.25, 0.3) is 5.91 Å². The van der Waals surface area contributed by atoms with Crippen LogP contribution in [-0.4, -0.2) is 70.7 Å². The first-order chi connectivity index (χ1) is 16.4. The molecule has 9 nitrogen and oxygen atoms in total. The number of rotatable bonds is 11. The Morgan fingerprint density at radius 3 is 2.59 bits per heavy atom. The van der Waals surface area contributed by atoms with Crippen LogP contribution in [-0.2, 0) is 30.8 Å². The Labute approximate surface area is 199 Å². The van der Waals surface area contributed by atoms with Gasteiger partial charge in [-0.2, -0.15) is 0 Å². The Morgan fingerprint density at radius 1 is 1.15 bits per heavy atom. The second-order valence-electron chi connectivity index (χ2n) is 7.76. The largest absolute Gasteiger partial charge is 0.452 e. The minimum atomic E-state index is -3.68. The van der Waals surface area contributed by atoms with Crippen LogP contribution in [0.15, 0.2) is 72.1 Å². The minimum Gasteiger partial charge on any atom is -0.452 e. The Kier molecular flexibility index (Phi) is 9.34. The normalized spacial score (nSPS) is 16.5. The number of morpholine rings is 1. The predicted octanol–water partition coefficient (Wildman–Crippen LogP) is 1.32. The molecule has 0 spiro atoms. The number of carbonyl (C=O) groups is 2. The van der Waals surface area contributed by atoms with E-state index in [-0.39, 0.29) is 23.1 Å². The Morgan fingerprint density at radius 2 is 1.88 bits per heavy atom. The van der Waals surface area contributed by atoms with Crippen LogP contribution in [0.2, 0.25) is 0 Å². The van der Waals surface area contributed by atoms with Crippen LogP contribution in [0.5, 0.6) is 0 Å². The van der Waals surface area contributed by atoms with Gasteiger partial charge in [0.05, 0.1) is 23.2 Å². The number of hydrogen-bond donors (Lipinski definition) is 2. The van der Waals surface area contributed by atoms with E-state index in [4.69, 9.17) is 9.47 Å². The number of nitrogens with zero attached hydrogens (tertiary/aromatic N) is 1. The first-order valence-electron chi connectivity index (χ1n) is 10.9. The van der Waals surface area contributed by atoms with Crippen molar-refractivity contribution in [2.24, 2.45) is 0 Å². The molecular formula is C24H29N3O6S. The lowest BCUT2D eigenvalue weighted by molar-refractivity contribution is -0.125. The summed E-state index contributed by atoms with van der Waals surface area (Å²) in [5, 5.41) is 2.73. The predicted molar refractivity (Wildman–Crippen MR) is 127 cm³/mol. The second kappa shape index (κ2) is 12.4. The standard InChI is InChI=1S/C24H29N3O6S/c1-2-12-26-34(30,31)22-10-8-20(9-11-22)24(29)33-18-23(28)25-15-21-17-27(13-14-32-21)16-19-6-4-3-5-7-19/h2-11,21,26H,1,12-18H2,(H,25,28)/t21-/m1/s1. The first-order valence-corrected chi connectivity index (χ1v) is 12.4. The fourth-order valence-electron chi connectivity index (χ4n) is 3.40. The molecule has 0 aromatic heterocycles. The molecular weight excluding hydrogens is 458 g/mol. The molecule has 3 rings (SSSR count). The van der Waals surface area contributed by atoms with Crippen molar-refractivity contribution in [3.05, 3.63) is 78.4 Å². The van der Waals surface area contributed by atoms with E-state index < -0.39 is 28.5 Å². The van der Waals surface area contributed by atoms with Crippen molar-refractivity contribution in [1.29, 1.82) is 0 Å². The van der Waals surface area contributed by atoms with E-state index in [1.54, 1.807) is 0 Å². The van der Waals surface area contributed by atoms with Gasteiger partial charge in [-0.25, -0.2) is 17.9 Å². The van der Waals surface area contributed by atoms with E-state index >= 15 is 0 Å². The van der Waals surface area contributed by atoms with Gasteiger partial charge in [0.2, 0.25) is 10.0 Å². The third-order valence-corrected chi connectivity index (χ3v) is 6.59. The van der Waals surface area contributed by atoms with Crippen molar-refractivity contribution in [2.75, 3.05) is 39.4 Å². The zero-order valence-electron chi connectivity index (χ0n) is 18.8. The third kappa shape index (κ3) is 7.77. The van der Waals surface area contributed by atoms with Crippen LogP contribution < -0.4 is 10.0 Å². The highest BCUT2D eigenvalue weighted by molar-refractivity contribution is 7.89. The highest BCUT2D eigenvalue weighted by Crippen LogP contribution is 2.12. The van der Waals surface area contributed by atoms with Gasteiger partial charge in [-0.1, -0.05) is 36.4 Å². The molecule has 34 heavy (non-hydrogen) atoms. The van der Waals surface area contributed by atoms with Crippen LogP contribution in [0.3, 0.4) is 0 Å². The Bertz CT molecular complexity index is 1070. The number of hydrogen-bond acceptors (Lipinski definition) is 7. The zero-order chi connectivity index (χ0) is 24.4. The van der Waals surface area contributed by atoms with Crippen LogP contribution >= 0.6 is 0 Å². The van der Waals surface area contributed by atoms with Crippen LogP contribution in [0.4, 0.5) is 0 Å². The maximum atomic E-state index is 12.2. The molecule has 0 bridgehead atoms. The molecule has 0 radical (unpaired) electrons. The Hall–Kier alpha value is -3.05. The van der Waals surface area contributed by atoms with Crippen LogP contribution in [0.25, 0.3) is 0 Å². The third-order valence-electron chi connectivity index (χ3n) is 5.15. The summed E-state index contributed by atoms with van der Waals surface area (Å²) in [6, 6.07) is 15.4. The number of nitrogens with one attached hydrogen (secondary N) is 2. The lowest BCUT2D eigenvalue weighted by atomic mass is 10.2. The summed E-state index contributed by atoms with van der Waals surface area (Å²) in [5.41, 5.74) is 1.36. The molecule has 1 fully saturated rings. The van der Waals surface area contributed by atoms with Crippen molar-refractivity contribution < 1.29 is 27.5 Å². The van der Waals surface area contributed by atoms with Crippen molar-refractivity contribution in [2.45, 2.75) is 17.5 Å². The number of benzene rings is 2. The van der Waals surface area contributed by atoms with E-state index in [1.165, 1.54) is 35.9 Å². The molecule has 182 valence electrons. The SMILES string of the molecule is C=CCNS(=O)(=O)c1ccc(C(=O)OCC(=O)NC[C@@H]2CN(Cc3ccccc3)CCO2)cc1. The molecule has 10 heteroatoms. The molecule has 1 atom stereocenters. The van der Waals surface area contributed by atoms with Gasteiger partial charge < -0.3 is 14.8 Å². The number of ether oxygens (including phenoxy) is 2. The highest BCUT2D eigenvalue weighted by atomic mass is 32.2. The van der Waals surface area contributed by atoms with E-state index in [2.05, 4.69) is 33.7 Å². The van der Waals surface area contributed by atoms with Gasteiger partial charge >= 0.3 is 5.97 Å². The van der Waals surface area contributed by atoms with Gasteiger partial charge in [-0.3, -0.25) is 9.69 Å². The molecule has 0 unspecified atom stereocenters. The quantitative estimate of drug-likeness (QED) is 0.363. The molecule has 0 aliphatic carbocycles. The Balaban J connectivity index is 1.40. The maximum Gasteiger partial charge on any atom is 0.338 e. The molecule has 2 aromatic carbocycles. The highest BCUT2D eigenvalue weighted by Gasteiger charge is 2.21. The minimum absolute atomic E-state index is 0.0115. The van der Waals surface area contributed by atoms with Gasteiger partial charge in [-0.05, 0) is 29.8 Å². The molecule has 2 N–H and O–H groups in total. The zero-order valence-corrected chi connectivity index (χ0v) is 19.6. The lowest BCUT2D eigenvalue weighted by Crippen LogP contribution is -2.47. The average Bonchev–Trinajstić information content (AvgIpc) is 2.86. The van der Waals surface area contributed by atoms with E-state index in [0.29, 0.717) is 19.7 Å². The molecule has 0 saturated carbocycles.